The summed E-state index contributed by atoms with van der Waals surface area (Å²) in [6, 6.07) is 5.33. The first-order chi connectivity index (χ1) is 9.17. The number of nitrogens with zero attached hydrogens (tertiary/aromatic N) is 1. The number of carbonyl (C=O) groups is 1. The molecule has 0 aliphatic rings. The first-order valence-electron chi connectivity index (χ1n) is 6.72. The molecule has 0 fully saturated rings. The minimum atomic E-state index is -0.891. The summed E-state index contributed by atoms with van der Waals surface area (Å²) in [5, 5.41) is 10.2. The molecule has 4 nitrogen and oxygen atoms in total. The van der Waals surface area contributed by atoms with Crippen molar-refractivity contribution in [2.75, 3.05) is 6.54 Å². The van der Waals surface area contributed by atoms with Crippen molar-refractivity contribution in [1.82, 2.24) is 4.57 Å². The third kappa shape index (κ3) is 2.79. The van der Waals surface area contributed by atoms with E-state index in [4.69, 9.17) is 10.8 Å². The van der Waals surface area contributed by atoms with Crippen molar-refractivity contribution in [2.45, 2.75) is 32.7 Å². The van der Waals surface area contributed by atoms with Crippen LogP contribution in [0.5, 0.6) is 0 Å². The van der Waals surface area contributed by atoms with Crippen LogP contribution in [-0.4, -0.2) is 22.2 Å². The Labute approximate surface area is 112 Å². The van der Waals surface area contributed by atoms with E-state index in [2.05, 4.69) is 17.7 Å². The number of unbranched alkanes of at least 4 members (excludes halogenated alkanes) is 1. The van der Waals surface area contributed by atoms with E-state index in [0.717, 1.165) is 30.2 Å². The van der Waals surface area contributed by atoms with E-state index in [1.165, 1.54) is 5.56 Å². The van der Waals surface area contributed by atoms with Gasteiger partial charge in [-0.1, -0.05) is 19.4 Å². The molecule has 102 valence electrons. The summed E-state index contributed by atoms with van der Waals surface area (Å²) in [4.78, 5) is 11.1. The molecule has 1 heterocycles. The Morgan fingerprint density at radius 3 is 2.84 bits per heavy atom. The van der Waals surface area contributed by atoms with Gasteiger partial charge in [0.05, 0.1) is 5.56 Å². The van der Waals surface area contributed by atoms with E-state index < -0.39 is 5.97 Å². The lowest BCUT2D eigenvalue weighted by molar-refractivity contribution is 0.0697. The summed E-state index contributed by atoms with van der Waals surface area (Å²) in [6.45, 7) is 3.43. The highest BCUT2D eigenvalue weighted by atomic mass is 16.4. The van der Waals surface area contributed by atoms with E-state index in [9.17, 15) is 4.79 Å². The lowest BCUT2D eigenvalue weighted by atomic mass is 10.1. The lowest BCUT2D eigenvalue weighted by Gasteiger charge is -2.03. The van der Waals surface area contributed by atoms with Gasteiger partial charge >= 0.3 is 5.97 Å². The van der Waals surface area contributed by atoms with Gasteiger partial charge in [0, 0.05) is 30.2 Å². The van der Waals surface area contributed by atoms with Gasteiger partial charge < -0.3 is 15.4 Å². The number of aryl methyl sites for hydroxylation is 1. The molecule has 0 saturated carbocycles. The Balaban J connectivity index is 2.50. The molecule has 0 aliphatic carbocycles. The average Bonchev–Trinajstić information content (AvgIpc) is 2.74. The van der Waals surface area contributed by atoms with Gasteiger partial charge in [0.25, 0.3) is 0 Å². The number of rotatable bonds is 6. The second-order valence-corrected chi connectivity index (χ2v) is 4.78. The van der Waals surface area contributed by atoms with Gasteiger partial charge in [0.1, 0.15) is 0 Å². The molecular weight excluding hydrogens is 240 g/mol. The van der Waals surface area contributed by atoms with Crippen molar-refractivity contribution in [3.05, 3.63) is 35.5 Å². The predicted octanol–water partition coefficient (Wildman–Crippen LogP) is 2.64. The highest BCUT2D eigenvalue weighted by molar-refractivity contribution is 5.94. The summed E-state index contributed by atoms with van der Waals surface area (Å²) < 4.78 is 2.06. The molecule has 0 amide bonds. The van der Waals surface area contributed by atoms with Crippen LogP contribution in [-0.2, 0) is 13.0 Å². The van der Waals surface area contributed by atoms with E-state index in [-0.39, 0.29) is 0 Å². The van der Waals surface area contributed by atoms with Crippen LogP contribution in [0.15, 0.2) is 24.4 Å². The molecule has 1 aromatic carbocycles. The van der Waals surface area contributed by atoms with Crippen LogP contribution in [0.3, 0.4) is 0 Å². The zero-order valence-electron chi connectivity index (χ0n) is 11.2. The Hall–Kier alpha value is -1.81. The first-order valence-corrected chi connectivity index (χ1v) is 6.72. The third-order valence-electron chi connectivity index (χ3n) is 3.38. The Morgan fingerprint density at radius 1 is 1.42 bits per heavy atom. The van der Waals surface area contributed by atoms with Crippen molar-refractivity contribution in [2.24, 2.45) is 5.73 Å². The molecule has 2 aromatic rings. The summed E-state index contributed by atoms with van der Waals surface area (Å²) in [5.41, 5.74) is 8.20. The van der Waals surface area contributed by atoms with E-state index in [0.29, 0.717) is 18.7 Å². The Bertz CT molecular complexity index is 587. The molecule has 2 rings (SSSR count). The number of benzene rings is 1. The molecule has 0 atom stereocenters. The van der Waals surface area contributed by atoms with Crippen LogP contribution in [0.4, 0.5) is 0 Å². The maximum absolute atomic E-state index is 11.1. The van der Waals surface area contributed by atoms with Crippen LogP contribution in [0.25, 0.3) is 10.9 Å². The van der Waals surface area contributed by atoms with Crippen LogP contribution in [0, 0.1) is 0 Å². The second-order valence-electron chi connectivity index (χ2n) is 4.78. The summed E-state index contributed by atoms with van der Waals surface area (Å²) >= 11 is 0. The molecule has 0 spiro atoms. The van der Waals surface area contributed by atoms with Gasteiger partial charge in [-0.2, -0.15) is 0 Å². The molecule has 0 saturated heterocycles. The fraction of sp³-hybridized carbons (Fsp3) is 0.400. The maximum Gasteiger partial charge on any atom is 0.335 e. The normalized spacial score (nSPS) is 11.1. The largest absolute Gasteiger partial charge is 0.478 e. The molecular formula is C15H20N2O2. The van der Waals surface area contributed by atoms with E-state index in [1.807, 2.05) is 6.07 Å². The topological polar surface area (TPSA) is 68.2 Å². The predicted molar refractivity (Wildman–Crippen MR) is 76.6 cm³/mol. The van der Waals surface area contributed by atoms with Gasteiger partial charge in [-0.15, -0.1) is 0 Å². The van der Waals surface area contributed by atoms with E-state index >= 15 is 0 Å². The Morgan fingerprint density at radius 2 is 2.21 bits per heavy atom. The number of carboxylic acid groups (broad SMARTS) is 1. The average molecular weight is 260 g/mol. The van der Waals surface area contributed by atoms with Crippen LogP contribution < -0.4 is 5.73 Å². The standard InChI is InChI=1S/C15H20N2O2/c1-2-3-4-12-10-17(8-7-16)14-9-11(15(18)19)5-6-13(12)14/h5-6,9-10H,2-4,7-8,16H2,1H3,(H,18,19). The minimum Gasteiger partial charge on any atom is -0.478 e. The smallest absolute Gasteiger partial charge is 0.335 e. The highest BCUT2D eigenvalue weighted by Gasteiger charge is 2.11. The molecule has 0 unspecified atom stereocenters. The Kier molecular flexibility index (Phi) is 4.22. The van der Waals surface area contributed by atoms with Crippen molar-refractivity contribution < 1.29 is 9.90 Å². The van der Waals surface area contributed by atoms with Crippen molar-refractivity contribution in [1.29, 1.82) is 0 Å². The number of fused-ring (bicyclic) bond motifs is 1. The van der Waals surface area contributed by atoms with Crippen molar-refractivity contribution >= 4 is 16.9 Å². The third-order valence-corrected chi connectivity index (χ3v) is 3.38. The number of carboxylic acids is 1. The monoisotopic (exact) mass is 260 g/mol. The van der Waals surface area contributed by atoms with Gasteiger partial charge in [0.15, 0.2) is 0 Å². The van der Waals surface area contributed by atoms with Crippen molar-refractivity contribution in [3.8, 4) is 0 Å². The van der Waals surface area contributed by atoms with Gasteiger partial charge in [-0.25, -0.2) is 4.79 Å². The van der Waals surface area contributed by atoms with Crippen LogP contribution in [0.1, 0.15) is 35.7 Å². The lowest BCUT2D eigenvalue weighted by Crippen LogP contribution is -2.09. The van der Waals surface area contributed by atoms with Crippen LogP contribution >= 0.6 is 0 Å². The molecule has 4 heteroatoms. The molecule has 3 N–H and O–H groups in total. The van der Waals surface area contributed by atoms with E-state index in [1.54, 1.807) is 12.1 Å². The molecule has 0 bridgehead atoms. The maximum atomic E-state index is 11.1. The zero-order valence-corrected chi connectivity index (χ0v) is 11.2. The van der Waals surface area contributed by atoms with Gasteiger partial charge in [-0.05, 0) is 30.5 Å². The van der Waals surface area contributed by atoms with Gasteiger partial charge in [0.2, 0.25) is 0 Å². The molecule has 1 aromatic heterocycles. The summed E-state index contributed by atoms with van der Waals surface area (Å²) in [6.07, 6.45) is 5.43. The first kappa shape index (κ1) is 13.6. The molecule has 19 heavy (non-hydrogen) atoms. The number of hydrogen-bond donors (Lipinski definition) is 2. The highest BCUT2D eigenvalue weighted by Crippen LogP contribution is 2.24. The second kappa shape index (κ2) is 5.89. The minimum absolute atomic E-state index is 0.325. The fourth-order valence-electron chi connectivity index (χ4n) is 2.39. The summed E-state index contributed by atoms with van der Waals surface area (Å²) in [7, 11) is 0. The number of aromatic carboxylic acids is 1. The van der Waals surface area contributed by atoms with Gasteiger partial charge in [-0.3, -0.25) is 0 Å². The number of nitrogens with two attached hydrogens (primary N) is 1. The quantitative estimate of drug-likeness (QED) is 0.839. The fourth-order valence-corrected chi connectivity index (χ4v) is 2.39. The molecule has 0 aliphatic heterocycles. The van der Waals surface area contributed by atoms with Crippen molar-refractivity contribution in [3.63, 3.8) is 0 Å². The van der Waals surface area contributed by atoms with Crippen LogP contribution in [0.2, 0.25) is 0 Å². The number of aromatic nitrogens is 1. The summed E-state index contributed by atoms with van der Waals surface area (Å²) in [5.74, 6) is -0.891. The zero-order chi connectivity index (χ0) is 13.8. The SMILES string of the molecule is CCCCc1cn(CCN)c2cc(C(=O)O)ccc12. The number of hydrogen-bond acceptors (Lipinski definition) is 2. The molecule has 0 radical (unpaired) electrons.